The minimum atomic E-state index is 0.0278. The molecule has 0 saturated carbocycles. The van der Waals surface area contributed by atoms with E-state index in [1.807, 2.05) is 4.90 Å². The number of aromatic nitrogens is 2. The summed E-state index contributed by atoms with van der Waals surface area (Å²) in [4.78, 5) is 23.6. The molecule has 3 heterocycles. The van der Waals surface area contributed by atoms with Crippen LogP contribution in [-0.4, -0.2) is 34.0 Å². The van der Waals surface area contributed by atoms with Gasteiger partial charge in [0.2, 0.25) is 0 Å². The number of urea groups is 1. The number of hydrogen-bond donors (Lipinski definition) is 1. The van der Waals surface area contributed by atoms with Crippen molar-refractivity contribution in [2.24, 2.45) is 0 Å². The molecular weight excluding hydrogens is 288 g/mol. The van der Waals surface area contributed by atoms with E-state index in [-0.39, 0.29) is 12.1 Å². The molecule has 0 radical (unpaired) electrons. The van der Waals surface area contributed by atoms with Crippen molar-refractivity contribution in [1.29, 1.82) is 0 Å². The fraction of sp³-hybridized carbons (Fsp3) is 0.389. The molecule has 1 aromatic carbocycles. The number of nitrogens with one attached hydrogen (secondary N) is 1. The van der Waals surface area contributed by atoms with Crippen molar-refractivity contribution >= 4 is 6.03 Å². The fourth-order valence-corrected chi connectivity index (χ4v) is 3.52. The van der Waals surface area contributed by atoms with Gasteiger partial charge in [-0.3, -0.25) is 0 Å². The average molecular weight is 308 g/mol. The van der Waals surface area contributed by atoms with Crippen molar-refractivity contribution in [3.05, 3.63) is 46.8 Å². The molecular formula is C18H20N4O. The molecule has 118 valence electrons. The molecule has 1 fully saturated rings. The number of nitrogens with zero attached hydrogens (tertiary/aromatic N) is 3. The molecule has 5 heteroatoms. The van der Waals surface area contributed by atoms with Gasteiger partial charge in [0.05, 0.1) is 11.7 Å². The molecule has 1 atom stereocenters. The van der Waals surface area contributed by atoms with Crippen molar-refractivity contribution in [3.8, 4) is 11.4 Å². The third kappa shape index (κ3) is 2.36. The minimum Gasteiger partial charge on any atom is -0.338 e. The van der Waals surface area contributed by atoms with Gasteiger partial charge in [0, 0.05) is 24.3 Å². The number of amides is 2. The van der Waals surface area contributed by atoms with Gasteiger partial charge in [-0.25, -0.2) is 14.8 Å². The molecule has 0 aliphatic carbocycles. The molecule has 0 bridgehead atoms. The van der Waals surface area contributed by atoms with Gasteiger partial charge in [-0.05, 0) is 32.3 Å². The first-order valence-corrected chi connectivity index (χ1v) is 8.12. The first-order valence-electron chi connectivity index (χ1n) is 8.12. The summed E-state index contributed by atoms with van der Waals surface area (Å²) in [5.41, 5.74) is 5.54. The van der Waals surface area contributed by atoms with Crippen LogP contribution in [0.2, 0.25) is 0 Å². The van der Waals surface area contributed by atoms with Gasteiger partial charge in [-0.2, -0.15) is 0 Å². The Bertz CT molecular complexity index is 769. The monoisotopic (exact) mass is 308 g/mol. The third-order valence-electron chi connectivity index (χ3n) is 4.81. The Morgan fingerprint density at radius 3 is 2.74 bits per heavy atom. The normalized spacial score (nSPS) is 19.8. The summed E-state index contributed by atoms with van der Waals surface area (Å²) in [6.45, 7) is 5.58. The maximum absolute atomic E-state index is 12.1. The highest BCUT2D eigenvalue weighted by Gasteiger charge is 2.35. The number of fused-ring (bicyclic) bond motifs is 3. The van der Waals surface area contributed by atoms with E-state index in [4.69, 9.17) is 9.97 Å². The van der Waals surface area contributed by atoms with E-state index in [9.17, 15) is 4.79 Å². The highest BCUT2D eigenvalue weighted by atomic mass is 16.2. The fourth-order valence-electron chi connectivity index (χ4n) is 3.52. The quantitative estimate of drug-likeness (QED) is 0.881. The summed E-state index contributed by atoms with van der Waals surface area (Å²) in [7, 11) is 0. The van der Waals surface area contributed by atoms with E-state index in [2.05, 4.69) is 43.4 Å². The van der Waals surface area contributed by atoms with Crippen LogP contribution in [0.15, 0.2) is 24.3 Å². The van der Waals surface area contributed by atoms with Crippen molar-refractivity contribution < 1.29 is 4.79 Å². The first-order chi connectivity index (χ1) is 11.1. The zero-order chi connectivity index (χ0) is 16.0. The average Bonchev–Trinajstić information content (AvgIpc) is 2.55. The lowest BCUT2D eigenvalue weighted by molar-refractivity contribution is 0.146. The van der Waals surface area contributed by atoms with Gasteiger partial charge in [-0.1, -0.05) is 29.8 Å². The molecule has 2 aliphatic heterocycles. The van der Waals surface area contributed by atoms with Gasteiger partial charge in [-0.15, -0.1) is 0 Å². The highest BCUT2D eigenvalue weighted by molar-refractivity contribution is 5.76. The van der Waals surface area contributed by atoms with Crippen LogP contribution < -0.4 is 5.32 Å². The lowest BCUT2D eigenvalue weighted by Crippen LogP contribution is -2.51. The number of aryl methyl sites for hydroxylation is 2. The first kappa shape index (κ1) is 14.2. The molecule has 2 aliphatic rings. The van der Waals surface area contributed by atoms with Crippen LogP contribution in [0.3, 0.4) is 0 Å². The number of rotatable bonds is 1. The predicted octanol–water partition coefficient (Wildman–Crippen LogP) is 2.77. The number of hydrogen-bond acceptors (Lipinski definition) is 3. The van der Waals surface area contributed by atoms with Crippen LogP contribution in [0.5, 0.6) is 0 Å². The molecule has 1 saturated heterocycles. The highest BCUT2D eigenvalue weighted by Crippen LogP contribution is 2.34. The molecule has 2 amide bonds. The zero-order valence-electron chi connectivity index (χ0n) is 13.5. The standard InChI is InChI=1S/C18H20N4O/c1-11-3-5-13(6-4-11)17-20-12(2)14-8-10-22-15(16(14)21-17)7-9-19-18(22)23/h3-6,15H,7-10H2,1-2H3,(H,19,23). The predicted molar refractivity (Wildman–Crippen MR) is 88.1 cm³/mol. The van der Waals surface area contributed by atoms with Crippen LogP contribution in [0.4, 0.5) is 4.79 Å². The van der Waals surface area contributed by atoms with Crippen LogP contribution in [0.1, 0.15) is 35.0 Å². The van der Waals surface area contributed by atoms with Gasteiger partial charge in [0.1, 0.15) is 0 Å². The summed E-state index contributed by atoms with van der Waals surface area (Å²) >= 11 is 0. The maximum Gasteiger partial charge on any atom is 0.317 e. The van der Waals surface area contributed by atoms with Crippen LogP contribution in [-0.2, 0) is 6.42 Å². The van der Waals surface area contributed by atoms with Crippen molar-refractivity contribution in [2.75, 3.05) is 13.1 Å². The molecule has 0 spiro atoms. The topological polar surface area (TPSA) is 58.1 Å². The molecule has 1 N–H and O–H groups in total. The molecule has 2 aromatic rings. The summed E-state index contributed by atoms with van der Waals surface area (Å²) in [5, 5.41) is 2.92. The Balaban J connectivity index is 1.81. The van der Waals surface area contributed by atoms with E-state index in [0.29, 0.717) is 6.54 Å². The second-order valence-corrected chi connectivity index (χ2v) is 6.34. The van der Waals surface area contributed by atoms with E-state index in [0.717, 1.165) is 42.2 Å². The van der Waals surface area contributed by atoms with Crippen molar-refractivity contribution in [1.82, 2.24) is 20.2 Å². The minimum absolute atomic E-state index is 0.0278. The van der Waals surface area contributed by atoms with Gasteiger partial charge < -0.3 is 10.2 Å². The SMILES string of the molecule is Cc1ccc(-c2nc(C)c3c(n2)C2CCNC(=O)N2CC3)cc1. The van der Waals surface area contributed by atoms with E-state index in [1.165, 1.54) is 11.1 Å². The number of benzene rings is 1. The largest absolute Gasteiger partial charge is 0.338 e. The lowest BCUT2D eigenvalue weighted by Gasteiger charge is -2.40. The Kier molecular flexibility index (Phi) is 3.29. The summed E-state index contributed by atoms with van der Waals surface area (Å²) in [6, 6.07) is 8.38. The Morgan fingerprint density at radius 1 is 1.17 bits per heavy atom. The Labute approximate surface area is 135 Å². The molecule has 23 heavy (non-hydrogen) atoms. The number of carbonyl (C=O) groups excluding carboxylic acids is 1. The van der Waals surface area contributed by atoms with E-state index in [1.54, 1.807) is 0 Å². The van der Waals surface area contributed by atoms with Crippen molar-refractivity contribution in [2.45, 2.75) is 32.7 Å². The maximum atomic E-state index is 12.1. The summed E-state index contributed by atoms with van der Waals surface area (Å²) in [5.74, 6) is 0.758. The second kappa shape index (κ2) is 5.33. The smallest absolute Gasteiger partial charge is 0.317 e. The van der Waals surface area contributed by atoms with Gasteiger partial charge in [0.15, 0.2) is 5.82 Å². The van der Waals surface area contributed by atoms with Gasteiger partial charge in [0.25, 0.3) is 0 Å². The molecule has 5 nitrogen and oxygen atoms in total. The molecule has 4 rings (SSSR count). The molecule has 1 unspecified atom stereocenters. The summed E-state index contributed by atoms with van der Waals surface area (Å²) in [6.07, 6.45) is 1.74. The number of carbonyl (C=O) groups is 1. The third-order valence-corrected chi connectivity index (χ3v) is 4.81. The van der Waals surface area contributed by atoms with E-state index >= 15 is 0 Å². The lowest BCUT2D eigenvalue weighted by atomic mass is 9.93. The van der Waals surface area contributed by atoms with Crippen LogP contribution >= 0.6 is 0 Å². The zero-order valence-corrected chi connectivity index (χ0v) is 13.5. The van der Waals surface area contributed by atoms with Crippen LogP contribution in [0.25, 0.3) is 11.4 Å². The Morgan fingerprint density at radius 2 is 1.96 bits per heavy atom. The second-order valence-electron chi connectivity index (χ2n) is 6.34. The van der Waals surface area contributed by atoms with Crippen LogP contribution in [0, 0.1) is 13.8 Å². The van der Waals surface area contributed by atoms with Gasteiger partial charge >= 0.3 is 6.03 Å². The van der Waals surface area contributed by atoms with E-state index < -0.39 is 0 Å². The molecule has 1 aromatic heterocycles. The van der Waals surface area contributed by atoms with Crippen molar-refractivity contribution in [3.63, 3.8) is 0 Å². The summed E-state index contributed by atoms with van der Waals surface area (Å²) < 4.78 is 0. The Hall–Kier alpha value is -2.43.